The van der Waals surface area contributed by atoms with Crippen molar-refractivity contribution >= 4 is 5.91 Å². The fourth-order valence-corrected chi connectivity index (χ4v) is 2.08. The van der Waals surface area contributed by atoms with Gasteiger partial charge >= 0.3 is 0 Å². The molecule has 2 N–H and O–H groups in total. The first-order chi connectivity index (χ1) is 7.60. The minimum absolute atomic E-state index is 0.0246. The molecule has 0 bridgehead atoms. The Morgan fingerprint density at radius 3 is 2.81 bits per heavy atom. The van der Waals surface area contributed by atoms with Crippen LogP contribution in [0.1, 0.15) is 12.8 Å². The normalized spacial score (nSPS) is 23.6. The molecule has 0 saturated carbocycles. The molecule has 0 aromatic rings. The first-order valence-electron chi connectivity index (χ1n) is 5.78. The Morgan fingerprint density at radius 2 is 2.31 bits per heavy atom. The molecule has 0 aromatic carbocycles. The van der Waals surface area contributed by atoms with Crippen LogP contribution in [0.3, 0.4) is 0 Å². The molecule has 0 aromatic heterocycles. The molecule has 1 heterocycles. The molecule has 1 fully saturated rings. The molecule has 0 aliphatic carbocycles. The number of carbonyl (C=O) groups is 1. The van der Waals surface area contributed by atoms with Crippen molar-refractivity contribution in [2.45, 2.75) is 25.0 Å². The molecule has 2 atom stereocenters. The highest BCUT2D eigenvalue weighted by molar-refractivity contribution is 5.81. The molecule has 5 heteroatoms. The summed E-state index contributed by atoms with van der Waals surface area (Å²) >= 11 is 0. The van der Waals surface area contributed by atoms with Crippen molar-refractivity contribution in [3.8, 4) is 0 Å². The Bertz CT molecular complexity index is 229. The summed E-state index contributed by atoms with van der Waals surface area (Å²) in [6.07, 6.45) is 1.72. The maximum atomic E-state index is 12.0. The second-order valence-electron chi connectivity index (χ2n) is 4.50. The third-order valence-corrected chi connectivity index (χ3v) is 3.21. The van der Waals surface area contributed by atoms with E-state index in [0.29, 0.717) is 6.04 Å². The fourth-order valence-electron chi connectivity index (χ4n) is 2.08. The van der Waals surface area contributed by atoms with Gasteiger partial charge in [-0.1, -0.05) is 0 Å². The predicted molar refractivity (Wildman–Crippen MR) is 63.1 cm³/mol. The summed E-state index contributed by atoms with van der Waals surface area (Å²) in [6, 6.07) is 0.452. The van der Waals surface area contributed by atoms with Gasteiger partial charge in [-0.25, -0.2) is 0 Å². The molecular formula is C11H23N3O2. The summed E-state index contributed by atoms with van der Waals surface area (Å²) in [6.45, 7) is 1.85. The summed E-state index contributed by atoms with van der Waals surface area (Å²) in [5.74, 6) is 0.0246. The Balaban J connectivity index is 2.56. The molecule has 5 nitrogen and oxygen atoms in total. The second-order valence-corrected chi connectivity index (χ2v) is 4.50. The molecule has 0 radical (unpaired) electrons. The highest BCUT2D eigenvalue weighted by atomic mass is 16.5. The van der Waals surface area contributed by atoms with Gasteiger partial charge < -0.3 is 20.3 Å². The molecule has 16 heavy (non-hydrogen) atoms. The number of carbonyl (C=O) groups excluding carboxylic acids is 1. The van der Waals surface area contributed by atoms with Gasteiger partial charge in [-0.15, -0.1) is 0 Å². The largest absolute Gasteiger partial charge is 0.370 e. The van der Waals surface area contributed by atoms with Crippen LogP contribution < -0.4 is 5.73 Å². The van der Waals surface area contributed by atoms with Crippen LogP contribution in [0.25, 0.3) is 0 Å². The highest BCUT2D eigenvalue weighted by Gasteiger charge is 2.28. The van der Waals surface area contributed by atoms with Crippen molar-refractivity contribution in [1.29, 1.82) is 0 Å². The Morgan fingerprint density at radius 1 is 1.62 bits per heavy atom. The van der Waals surface area contributed by atoms with E-state index in [4.69, 9.17) is 10.5 Å². The zero-order chi connectivity index (χ0) is 12.1. The number of amides is 1. The summed E-state index contributed by atoms with van der Waals surface area (Å²) < 4.78 is 5.08. The number of methoxy groups -OCH3 is 1. The van der Waals surface area contributed by atoms with E-state index in [1.807, 2.05) is 4.90 Å². The van der Waals surface area contributed by atoms with Crippen molar-refractivity contribution in [1.82, 2.24) is 9.80 Å². The van der Waals surface area contributed by atoms with Crippen LogP contribution in [0, 0.1) is 0 Å². The van der Waals surface area contributed by atoms with E-state index >= 15 is 0 Å². The van der Waals surface area contributed by atoms with Crippen LogP contribution in [0.2, 0.25) is 0 Å². The van der Waals surface area contributed by atoms with E-state index in [2.05, 4.69) is 19.0 Å². The first-order valence-corrected chi connectivity index (χ1v) is 5.78. The van der Waals surface area contributed by atoms with E-state index in [9.17, 15) is 4.79 Å². The van der Waals surface area contributed by atoms with Crippen LogP contribution in [-0.4, -0.2) is 68.7 Å². The van der Waals surface area contributed by atoms with Gasteiger partial charge in [0.25, 0.3) is 5.91 Å². The van der Waals surface area contributed by atoms with Gasteiger partial charge in [0, 0.05) is 32.8 Å². The van der Waals surface area contributed by atoms with Crippen molar-refractivity contribution in [2.24, 2.45) is 5.73 Å². The van der Waals surface area contributed by atoms with Crippen molar-refractivity contribution in [3.05, 3.63) is 0 Å². The lowest BCUT2D eigenvalue weighted by Gasteiger charge is -2.37. The number of hydrogen-bond acceptors (Lipinski definition) is 4. The van der Waals surface area contributed by atoms with Crippen LogP contribution in [0.5, 0.6) is 0 Å². The summed E-state index contributed by atoms with van der Waals surface area (Å²) in [4.78, 5) is 16.1. The lowest BCUT2D eigenvalue weighted by molar-refractivity contribution is -0.143. The van der Waals surface area contributed by atoms with Gasteiger partial charge in [-0.2, -0.15) is 0 Å². The zero-order valence-electron chi connectivity index (χ0n) is 10.5. The lowest BCUT2D eigenvalue weighted by Crippen LogP contribution is -2.52. The molecule has 94 valence electrons. The Kier molecular flexibility index (Phi) is 5.18. The number of ether oxygens (including phenoxy) is 1. The zero-order valence-corrected chi connectivity index (χ0v) is 10.5. The van der Waals surface area contributed by atoms with Crippen LogP contribution in [-0.2, 0) is 9.53 Å². The van der Waals surface area contributed by atoms with Gasteiger partial charge in [-0.3, -0.25) is 4.79 Å². The number of likely N-dealkylation sites (tertiary alicyclic amines) is 1. The first kappa shape index (κ1) is 13.4. The maximum absolute atomic E-state index is 12.0. The van der Waals surface area contributed by atoms with E-state index in [1.54, 1.807) is 0 Å². The number of hydrogen-bond donors (Lipinski definition) is 1. The molecule has 1 aliphatic rings. The third kappa shape index (κ3) is 3.17. The minimum atomic E-state index is -0.485. The molecule has 1 amide bonds. The SMILES string of the molecule is COC(CN)C(=O)N1CCCC(N(C)C)C1. The topological polar surface area (TPSA) is 58.8 Å². The van der Waals surface area contributed by atoms with Crippen molar-refractivity contribution < 1.29 is 9.53 Å². The van der Waals surface area contributed by atoms with Crippen molar-refractivity contribution in [3.63, 3.8) is 0 Å². The lowest BCUT2D eigenvalue weighted by atomic mass is 10.0. The average Bonchev–Trinajstić information content (AvgIpc) is 2.30. The van der Waals surface area contributed by atoms with Crippen LogP contribution in [0.4, 0.5) is 0 Å². The summed E-state index contributed by atoms with van der Waals surface area (Å²) in [5, 5.41) is 0. The Hall–Kier alpha value is -0.650. The Labute approximate surface area is 97.5 Å². The third-order valence-electron chi connectivity index (χ3n) is 3.21. The number of nitrogens with two attached hydrogens (primary N) is 1. The van der Waals surface area contributed by atoms with Gasteiger partial charge in [0.1, 0.15) is 6.10 Å². The van der Waals surface area contributed by atoms with E-state index < -0.39 is 6.10 Å². The van der Waals surface area contributed by atoms with Crippen LogP contribution in [0.15, 0.2) is 0 Å². The minimum Gasteiger partial charge on any atom is -0.370 e. The summed E-state index contributed by atoms with van der Waals surface area (Å²) in [5.41, 5.74) is 5.50. The second kappa shape index (κ2) is 6.18. The number of rotatable bonds is 4. The number of likely N-dealkylation sites (N-methyl/N-ethyl adjacent to an activating group) is 1. The quantitative estimate of drug-likeness (QED) is 0.707. The predicted octanol–water partition coefficient (Wildman–Crippen LogP) is -0.487. The van der Waals surface area contributed by atoms with E-state index in [1.165, 1.54) is 7.11 Å². The molecule has 2 unspecified atom stereocenters. The molecular weight excluding hydrogens is 206 g/mol. The number of piperidine rings is 1. The van der Waals surface area contributed by atoms with Gasteiger partial charge in [0.2, 0.25) is 0 Å². The maximum Gasteiger partial charge on any atom is 0.253 e. The van der Waals surface area contributed by atoms with Gasteiger partial charge in [0.15, 0.2) is 0 Å². The van der Waals surface area contributed by atoms with Crippen molar-refractivity contribution in [2.75, 3.05) is 40.8 Å². The summed E-state index contributed by atoms with van der Waals surface area (Å²) in [7, 11) is 5.63. The molecule has 1 saturated heterocycles. The molecule has 0 spiro atoms. The van der Waals surface area contributed by atoms with Gasteiger partial charge in [-0.05, 0) is 26.9 Å². The number of nitrogens with zero attached hydrogens (tertiary/aromatic N) is 2. The van der Waals surface area contributed by atoms with E-state index in [0.717, 1.165) is 25.9 Å². The van der Waals surface area contributed by atoms with Crippen LogP contribution >= 0.6 is 0 Å². The highest BCUT2D eigenvalue weighted by Crippen LogP contribution is 2.14. The average molecular weight is 229 g/mol. The monoisotopic (exact) mass is 229 g/mol. The fraction of sp³-hybridized carbons (Fsp3) is 0.909. The van der Waals surface area contributed by atoms with E-state index in [-0.39, 0.29) is 12.5 Å². The molecule has 1 rings (SSSR count). The molecule has 1 aliphatic heterocycles. The standard InChI is InChI=1S/C11H23N3O2/c1-13(2)9-5-4-6-14(8-9)11(15)10(7-12)16-3/h9-10H,4-8,12H2,1-3H3. The smallest absolute Gasteiger partial charge is 0.253 e. The van der Waals surface area contributed by atoms with Gasteiger partial charge in [0.05, 0.1) is 0 Å².